The highest BCUT2D eigenvalue weighted by Gasteiger charge is 2.30. The van der Waals surface area contributed by atoms with Crippen LogP contribution in [0.25, 0.3) is 0 Å². The van der Waals surface area contributed by atoms with E-state index in [4.69, 9.17) is 14.5 Å². The van der Waals surface area contributed by atoms with E-state index in [1.165, 1.54) is 6.42 Å². The summed E-state index contributed by atoms with van der Waals surface area (Å²) < 4.78 is 11.6. The van der Waals surface area contributed by atoms with Crippen LogP contribution in [0.2, 0.25) is 0 Å². The first-order chi connectivity index (χ1) is 13.2. The lowest BCUT2D eigenvalue weighted by Crippen LogP contribution is -2.46. The summed E-state index contributed by atoms with van der Waals surface area (Å²) in [6, 6.07) is 8.75. The maximum Gasteiger partial charge on any atom is 0.194 e. The smallest absolute Gasteiger partial charge is 0.194 e. The Balaban J connectivity index is 1.55. The van der Waals surface area contributed by atoms with Crippen molar-refractivity contribution in [2.45, 2.75) is 39.3 Å². The number of likely N-dealkylation sites (tertiary alicyclic amines) is 1. The zero-order valence-electron chi connectivity index (χ0n) is 17.0. The zero-order chi connectivity index (χ0) is 19.1. The topological polar surface area (TPSA) is 49.3 Å². The third kappa shape index (κ3) is 5.59. The Labute approximate surface area is 163 Å². The van der Waals surface area contributed by atoms with Crippen molar-refractivity contribution in [3.05, 3.63) is 29.8 Å². The molecule has 1 aromatic carbocycles. The number of ether oxygens (including phenoxy) is 2. The van der Waals surface area contributed by atoms with Gasteiger partial charge in [-0.2, -0.15) is 0 Å². The molecule has 0 saturated carbocycles. The van der Waals surface area contributed by atoms with Crippen LogP contribution in [0.5, 0.6) is 5.75 Å². The van der Waals surface area contributed by atoms with Crippen LogP contribution in [0.4, 0.5) is 0 Å². The van der Waals surface area contributed by atoms with E-state index in [9.17, 15) is 0 Å². The van der Waals surface area contributed by atoms with Crippen LogP contribution in [0.15, 0.2) is 29.3 Å². The number of aliphatic imine (C=N–C) groups is 1. The second-order valence-electron chi connectivity index (χ2n) is 7.43. The number of benzene rings is 1. The Kier molecular flexibility index (Phi) is 7.35. The van der Waals surface area contributed by atoms with Crippen molar-refractivity contribution in [2.75, 3.05) is 52.5 Å². The summed E-state index contributed by atoms with van der Waals surface area (Å²) in [5.74, 6) is 1.95. The van der Waals surface area contributed by atoms with Crippen LogP contribution in [0, 0.1) is 6.92 Å². The minimum atomic E-state index is 0.0393. The number of rotatable bonds is 6. The fourth-order valence-electron chi connectivity index (χ4n) is 3.76. The average molecular weight is 375 g/mol. The molecule has 6 nitrogen and oxygen atoms in total. The first-order valence-corrected chi connectivity index (χ1v) is 10.2. The molecule has 3 rings (SSSR count). The van der Waals surface area contributed by atoms with Crippen molar-refractivity contribution in [3.8, 4) is 5.75 Å². The summed E-state index contributed by atoms with van der Waals surface area (Å²) in [4.78, 5) is 9.82. The van der Waals surface area contributed by atoms with E-state index in [2.05, 4.69) is 42.0 Å². The summed E-state index contributed by atoms with van der Waals surface area (Å²) in [7, 11) is 0. The molecule has 2 saturated heterocycles. The molecule has 1 N–H and O–H groups in total. The van der Waals surface area contributed by atoms with E-state index in [-0.39, 0.29) is 6.10 Å². The number of nitrogens with zero attached hydrogens (tertiary/aromatic N) is 3. The third-order valence-electron chi connectivity index (χ3n) is 5.28. The minimum absolute atomic E-state index is 0.0393. The fourth-order valence-corrected chi connectivity index (χ4v) is 3.76. The van der Waals surface area contributed by atoms with Gasteiger partial charge in [0.05, 0.1) is 19.8 Å². The van der Waals surface area contributed by atoms with Crippen molar-refractivity contribution < 1.29 is 9.47 Å². The second kappa shape index (κ2) is 9.95. The Morgan fingerprint density at radius 3 is 2.81 bits per heavy atom. The number of hydrogen-bond donors (Lipinski definition) is 1. The van der Waals surface area contributed by atoms with Gasteiger partial charge in [-0.05, 0) is 38.8 Å². The van der Waals surface area contributed by atoms with Crippen LogP contribution < -0.4 is 10.1 Å². The number of hydrogen-bond acceptors (Lipinski definition) is 4. The first kappa shape index (κ1) is 20.0. The van der Waals surface area contributed by atoms with Crippen molar-refractivity contribution in [1.29, 1.82) is 0 Å². The molecule has 150 valence electrons. The molecule has 0 aromatic heterocycles. The Hall–Kier alpha value is -1.79. The van der Waals surface area contributed by atoms with Crippen molar-refractivity contribution in [2.24, 2.45) is 4.99 Å². The quantitative estimate of drug-likeness (QED) is 0.611. The molecule has 6 heteroatoms. The van der Waals surface area contributed by atoms with E-state index in [0.717, 1.165) is 63.2 Å². The minimum Gasteiger partial charge on any atom is -0.489 e. The van der Waals surface area contributed by atoms with Crippen LogP contribution >= 0.6 is 0 Å². The molecular formula is C21H34N4O2. The molecule has 2 aliphatic heterocycles. The molecule has 2 aliphatic rings. The monoisotopic (exact) mass is 374 g/mol. The molecular weight excluding hydrogens is 340 g/mol. The molecule has 0 spiro atoms. The molecule has 2 heterocycles. The predicted molar refractivity (Wildman–Crippen MR) is 110 cm³/mol. The van der Waals surface area contributed by atoms with Crippen LogP contribution in [-0.2, 0) is 4.74 Å². The van der Waals surface area contributed by atoms with Crippen LogP contribution in [0.1, 0.15) is 25.8 Å². The maximum atomic E-state index is 6.08. The van der Waals surface area contributed by atoms with Gasteiger partial charge in [-0.25, -0.2) is 4.99 Å². The molecule has 2 fully saturated rings. The number of morpholine rings is 1. The van der Waals surface area contributed by atoms with Gasteiger partial charge in [0, 0.05) is 38.8 Å². The van der Waals surface area contributed by atoms with Gasteiger partial charge in [0.25, 0.3) is 0 Å². The van der Waals surface area contributed by atoms with E-state index in [1.54, 1.807) is 0 Å². The number of nitrogens with one attached hydrogen (secondary N) is 1. The van der Waals surface area contributed by atoms with Gasteiger partial charge in [0.2, 0.25) is 0 Å². The van der Waals surface area contributed by atoms with Crippen LogP contribution in [0.3, 0.4) is 0 Å². The normalized spacial score (nSPS) is 22.7. The Morgan fingerprint density at radius 1 is 1.30 bits per heavy atom. The lowest BCUT2D eigenvalue weighted by molar-refractivity contribution is 0.0195. The Morgan fingerprint density at radius 2 is 2.07 bits per heavy atom. The number of para-hydroxylation sites is 1. The first-order valence-electron chi connectivity index (χ1n) is 10.2. The summed E-state index contributed by atoms with van der Waals surface area (Å²) in [6.07, 6.45) is 1.23. The molecule has 0 radical (unpaired) electrons. The second-order valence-corrected chi connectivity index (χ2v) is 7.43. The molecule has 0 bridgehead atoms. The maximum absolute atomic E-state index is 6.08. The van der Waals surface area contributed by atoms with Gasteiger partial charge in [-0.3, -0.25) is 4.90 Å². The molecule has 0 amide bonds. The number of aryl methyl sites for hydroxylation is 1. The van der Waals surface area contributed by atoms with Gasteiger partial charge in [-0.15, -0.1) is 0 Å². The van der Waals surface area contributed by atoms with Gasteiger partial charge >= 0.3 is 0 Å². The van der Waals surface area contributed by atoms with E-state index < -0.39 is 0 Å². The van der Waals surface area contributed by atoms with E-state index in [1.807, 2.05) is 18.2 Å². The zero-order valence-corrected chi connectivity index (χ0v) is 17.0. The molecule has 27 heavy (non-hydrogen) atoms. The third-order valence-corrected chi connectivity index (χ3v) is 5.28. The average Bonchev–Trinajstić information content (AvgIpc) is 3.18. The molecule has 2 atom stereocenters. The fraction of sp³-hybridized carbons (Fsp3) is 0.667. The summed E-state index contributed by atoms with van der Waals surface area (Å²) >= 11 is 0. The van der Waals surface area contributed by atoms with Crippen molar-refractivity contribution in [3.63, 3.8) is 0 Å². The summed E-state index contributed by atoms with van der Waals surface area (Å²) in [5.41, 5.74) is 1.16. The largest absolute Gasteiger partial charge is 0.489 e. The van der Waals surface area contributed by atoms with E-state index >= 15 is 0 Å². The summed E-state index contributed by atoms with van der Waals surface area (Å²) in [6.45, 7) is 13.7. The van der Waals surface area contributed by atoms with E-state index in [0.29, 0.717) is 12.6 Å². The molecule has 1 aromatic rings. The van der Waals surface area contributed by atoms with Crippen molar-refractivity contribution >= 4 is 5.96 Å². The summed E-state index contributed by atoms with van der Waals surface area (Å²) in [5, 5.41) is 3.46. The highest BCUT2D eigenvalue weighted by atomic mass is 16.5. The molecule has 0 aliphatic carbocycles. The lowest BCUT2D eigenvalue weighted by Gasteiger charge is -2.32. The van der Waals surface area contributed by atoms with Gasteiger partial charge < -0.3 is 19.7 Å². The van der Waals surface area contributed by atoms with Crippen molar-refractivity contribution in [1.82, 2.24) is 15.1 Å². The molecule has 2 unspecified atom stereocenters. The lowest BCUT2D eigenvalue weighted by atomic mass is 10.2. The van der Waals surface area contributed by atoms with Gasteiger partial charge in [0.1, 0.15) is 11.9 Å². The highest BCUT2D eigenvalue weighted by Crippen LogP contribution is 2.19. The number of guanidine groups is 1. The van der Waals surface area contributed by atoms with Gasteiger partial charge in [0.15, 0.2) is 5.96 Å². The SMILES string of the molecule is CCNC(=NCC(C)Oc1ccccc1C)N1CCC(N2CCOCC2)C1. The standard InChI is InChI=1S/C21H34N4O2/c1-4-22-21(23-15-18(3)27-20-8-6-5-7-17(20)2)25-10-9-19(16-25)24-11-13-26-14-12-24/h5-8,18-19H,4,9-16H2,1-3H3,(H,22,23). The Bertz CT molecular complexity index is 616. The predicted octanol–water partition coefficient (Wildman–Crippen LogP) is 2.13. The highest BCUT2D eigenvalue weighted by molar-refractivity contribution is 5.80. The van der Waals surface area contributed by atoms with Gasteiger partial charge in [-0.1, -0.05) is 18.2 Å². The van der Waals surface area contributed by atoms with Crippen LogP contribution in [-0.4, -0.2) is 80.4 Å².